The number of halogens is 1. The number of hydrogen-bond donors (Lipinski definition) is 3. The number of carbonyl (C=O) groups is 1. The highest BCUT2D eigenvalue weighted by molar-refractivity contribution is 7.89. The van der Waals surface area contributed by atoms with E-state index in [1.54, 1.807) is 0 Å². The normalized spacial score (nSPS) is 10.6. The number of amides is 1. The van der Waals surface area contributed by atoms with Crippen LogP contribution in [0.15, 0.2) is 29.2 Å². The molecule has 22 heavy (non-hydrogen) atoms. The van der Waals surface area contributed by atoms with Crippen LogP contribution in [0, 0.1) is 10.1 Å². The lowest BCUT2D eigenvalue weighted by molar-refractivity contribution is -0.385. The van der Waals surface area contributed by atoms with E-state index in [4.69, 9.17) is 5.73 Å². The molecule has 0 aromatic heterocycles. The largest absolute Gasteiger partial charge is 0.355 e. The van der Waals surface area contributed by atoms with Crippen molar-refractivity contribution in [2.24, 2.45) is 5.73 Å². The summed E-state index contributed by atoms with van der Waals surface area (Å²) in [5.41, 5.74) is 4.88. The van der Waals surface area contributed by atoms with Crippen LogP contribution >= 0.6 is 12.4 Å². The Labute approximate surface area is 133 Å². The van der Waals surface area contributed by atoms with Gasteiger partial charge in [0.1, 0.15) is 0 Å². The molecular formula is C11H17ClN4O5S. The molecule has 0 radical (unpaired) electrons. The van der Waals surface area contributed by atoms with Gasteiger partial charge >= 0.3 is 0 Å². The summed E-state index contributed by atoms with van der Waals surface area (Å²) in [6.07, 6.45) is 0.164. The van der Waals surface area contributed by atoms with Gasteiger partial charge in [-0.25, -0.2) is 13.1 Å². The van der Waals surface area contributed by atoms with E-state index in [1.807, 2.05) is 0 Å². The standard InChI is InChI=1S/C11H16N4O5S.ClH/c12-5-4-11(16)13-6-7-14-21(19,20)10-3-1-2-9(8-10)15(17)18;/h1-3,8,14H,4-7,12H2,(H,13,16);1H. The number of benzene rings is 1. The van der Waals surface area contributed by atoms with E-state index in [9.17, 15) is 23.3 Å². The molecule has 1 amide bonds. The van der Waals surface area contributed by atoms with Gasteiger partial charge in [0.05, 0.1) is 9.82 Å². The first-order chi connectivity index (χ1) is 9.86. The fourth-order valence-electron chi connectivity index (χ4n) is 1.45. The summed E-state index contributed by atoms with van der Waals surface area (Å²) in [6, 6.07) is 4.71. The number of nitrogens with zero attached hydrogens (tertiary/aromatic N) is 1. The van der Waals surface area contributed by atoms with Crippen molar-refractivity contribution in [2.45, 2.75) is 11.3 Å². The summed E-state index contributed by atoms with van der Waals surface area (Å²) in [5, 5.41) is 13.1. The molecule has 11 heteroatoms. The lowest BCUT2D eigenvalue weighted by atomic mass is 10.3. The summed E-state index contributed by atoms with van der Waals surface area (Å²) >= 11 is 0. The van der Waals surface area contributed by atoms with Gasteiger partial charge in [0.15, 0.2) is 0 Å². The topological polar surface area (TPSA) is 144 Å². The van der Waals surface area contributed by atoms with Crippen LogP contribution < -0.4 is 15.8 Å². The van der Waals surface area contributed by atoms with Crippen molar-refractivity contribution in [3.8, 4) is 0 Å². The van der Waals surface area contributed by atoms with Gasteiger partial charge in [-0.05, 0) is 6.07 Å². The fraction of sp³-hybridized carbons (Fsp3) is 0.364. The number of nitrogens with one attached hydrogen (secondary N) is 2. The van der Waals surface area contributed by atoms with E-state index in [1.165, 1.54) is 18.2 Å². The SMILES string of the molecule is Cl.NCCC(=O)NCCNS(=O)(=O)c1cccc([N+](=O)[O-])c1. The number of carbonyl (C=O) groups excluding carboxylic acids is 1. The number of nitro groups is 1. The summed E-state index contributed by atoms with van der Waals surface area (Å²) in [7, 11) is -3.86. The molecule has 1 aromatic carbocycles. The lowest BCUT2D eigenvalue weighted by Crippen LogP contribution is -2.35. The predicted octanol–water partition coefficient (Wildman–Crippen LogP) is -0.240. The molecule has 0 heterocycles. The van der Waals surface area contributed by atoms with Gasteiger partial charge < -0.3 is 11.1 Å². The van der Waals surface area contributed by atoms with E-state index in [-0.39, 0.29) is 55.0 Å². The van der Waals surface area contributed by atoms with Crippen molar-refractivity contribution in [3.05, 3.63) is 34.4 Å². The second kappa shape index (κ2) is 9.30. The Morgan fingerprint density at radius 2 is 2.00 bits per heavy atom. The average Bonchev–Trinajstić information content (AvgIpc) is 2.44. The van der Waals surface area contributed by atoms with E-state index < -0.39 is 14.9 Å². The highest BCUT2D eigenvalue weighted by Gasteiger charge is 2.16. The maximum absolute atomic E-state index is 11.9. The Hall–Kier alpha value is -1.75. The van der Waals surface area contributed by atoms with E-state index >= 15 is 0 Å². The minimum absolute atomic E-state index is 0. The zero-order valence-electron chi connectivity index (χ0n) is 11.5. The maximum atomic E-state index is 11.9. The first-order valence-corrected chi connectivity index (χ1v) is 7.56. The van der Waals surface area contributed by atoms with Crippen molar-refractivity contribution in [3.63, 3.8) is 0 Å². The van der Waals surface area contributed by atoms with Crippen molar-refractivity contribution >= 4 is 34.0 Å². The van der Waals surface area contributed by atoms with Gasteiger partial charge in [-0.15, -0.1) is 12.4 Å². The van der Waals surface area contributed by atoms with Crippen molar-refractivity contribution in [1.82, 2.24) is 10.0 Å². The van der Waals surface area contributed by atoms with Crippen molar-refractivity contribution < 1.29 is 18.1 Å². The molecule has 0 aliphatic carbocycles. The quantitative estimate of drug-likeness (QED) is 0.334. The lowest BCUT2D eigenvalue weighted by Gasteiger charge is -2.07. The molecule has 0 atom stereocenters. The molecule has 0 aliphatic rings. The number of rotatable bonds is 8. The third-order valence-corrected chi connectivity index (χ3v) is 3.91. The average molecular weight is 353 g/mol. The van der Waals surface area contributed by atoms with Gasteiger partial charge in [-0.2, -0.15) is 0 Å². The maximum Gasteiger partial charge on any atom is 0.270 e. The van der Waals surface area contributed by atoms with Crippen LogP contribution in [-0.4, -0.2) is 38.9 Å². The minimum atomic E-state index is -3.86. The molecule has 0 saturated heterocycles. The van der Waals surface area contributed by atoms with Gasteiger partial charge in [0.2, 0.25) is 15.9 Å². The minimum Gasteiger partial charge on any atom is -0.355 e. The van der Waals surface area contributed by atoms with Crippen LogP contribution in [0.3, 0.4) is 0 Å². The number of sulfonamides is 1. The summed E-state index contributed by atoms with van der Waals surface area (Å²) in [6.45, 7) is 0.291. The molecule has 124 valence electrons. The zero-order chi connectivity index (χ0) is 15.9. The molecule has 1 aromatic rings. The van der Waals surface area contributed by atoms with Gasteiger partial charge in [-0.1, -0.05) is 6.07 Å². The second-order valence-electron chi connectivity index (χ2n) is 4.04. The van der Waals surface area contributed by atoms with Crippen LogP contribution in [0.2, 0.25) is 0 Å². The Morgan fingerprint density at radius 3 is 2.59 bits per heavy atom. The molecule has 0 aliphatic heterocycles. The second-order valence-corrected chi connectivity index (χ2v) is 5.81. The molecule has 1 rings (SSSR count). The monoisotopic (exact) mass is 352 g/mol. The highest BCUT2D eigenvalue weighted by Crippen LogP contribution is 2.16. The summed E-state index contributed by atoms with van der Waals surface area (Å²) in [5.74, 6) is -0.271. The van der Waals surface area contributed by atoms with E-state index in [0.717, 1.165) is 6.07 Å². The van der Waals surface area contributed by atoms with Gasteiger partial charge in [0.25, 0.3) is 5.69 Å². The predicted molar refractivity (Wildman–Crippen MR) is 82.2 cm³/mol. The molecule has 0 saturated carbocycles. The number of nitro benzene ring substituents is 1. The smallest absolute Gasteiger partial charge is 0.270 e. The first kappa shape index (κ1) is 20.2. The van der Waals surface area contributed by atoms with Gasteiger partial charge in [-0.3, -0.25) is 14.9 Å². The van der Waals surface area contributed by atoms with Crippen LogP contribution in [0.4, 0.5) is 5.69 Å². The highest BCUT2D eigenvalue weighted by atomic mass is 35.5. The first-order valence-electron chi connectivity index (χ1n) is 6.07. The summed E-state index contributed by atoms with van der Waals surface area (Å²) < 4.78 is 26.1. The molecule has 0 fully saturated rings. The summed E-state index contributed by atoms with van der Waals surface area (Å²) in [4.78, 5) is 20.8. The number of non-ortho nitro benzene ring substituents is 1. The van der Waals surface area contributed by atoms with Gasteiger partial charge in [0, 0.05) is 38.2 Å². The molecule has 9 nitrogen and oxygen atoms in total. The molecule has 4 N–H and O–H groups in total. The Kier molecular flexibility index (Phi) is 8.56. The van der Waals surface area contributed by atoms with Crippen LogP contribution in [0.25, 0.3) is 0 Å². The Balaban J connectivity index is 0.00000441. The number of nitrogens with two attached hydrogens (primary N) is 1. The van der Waals surface area contributed by atoms with Crippen LogP contribution in [0.1, 0.15) is 6.42 Å². The van der Waals surface area contributed by atoms with Crippen molar-refractivity contribution in [1.29, 1.82) is 0 Å². The third-order valence-electron chi connectivity index (χ3n) is 2.45. The third kappa shape index (κ3) is 6.35. The van der Waals surface area contributed by atoms with Crippen LogP contribution in [-0.2, 0) is 14.8 Å². The number of hydrogen-bond acceptors (Lipinski definition) is 6. The molecular weight excluding hydrogens is 336 g/mol. The Morgan fingerprint density at radius 1 is 1.32 bits per heavy atom. The van der Waals surface area contributed by atoms with Crippen LogP contribution in [0.5, 0.6) is 0 Å². The zero-order valence-corrected chi connectivity index (χ0v) is 13.2. The fourth-order valence-corrected chi connectivity index (χ4v) is 2.53. The van der Waals surface area contributed by atoms with Crippen molar-refractivity contribution in [2.75, 3.05) is 19.6 Å². The molecule has 0 unspecified atom stereocenters. The van der Waals surface area contributed by atoms with E-state index in [0.29, 0.717) is 0 Å². The molecule has 0 bridgehead atoms. The van der Waals surface area contributed by atoms with E-state index in [2.05, 4.69) is 10.0 Å². The Bertz CT molecular complexity index is 623. The molecule has 0 spiro atoms.